The maximum atomic E-state index is 15.4. The third kappa shape index (κ3) is 6.43. The zero-order chi connectivity index (χ0) is 38.2. The average molecular weight is 739 g/mol. The second-order valence-corrected chi connectivity index (χ2v) is 14.9. The van der Waals surface area contributed by atoms with E-state index in [-0.39, 0.29) is 18.2 Å². The van der Waals surface area contributed by atoms with Crippen LogP contribution in [0, 0.1) is 5.21 Å². The second-order valence-electron chi connectivity index (χ2n) is 14.9. The smallest absolute Gasteiger partial charge is 0.151 e. The minimum Gasteiger partial charge on any atom is -0.616 e. The fourth-order valence-corrected chi connectivity index (χ4v) is 8.72. The maximum Gasteiger partial charge on any atom is 0.151 e. The predicted molar refractivity (Wildman–Crippen MR) is 235 cm³/mol. The molecular formula is C52H42N4O. The van der Waals surface area contributed by atoms with Crippen molar-refractivity contribution in [3.63, 3.8) is 0 Å². The Morgan fingerprint density at radius 1 is 0.421 bits per heavy atom. The van der Waals surface area contributed by atoms with Gasteiger partial charge in [0.15, 0.2) is 11.4 Å². The molecule has 10 rings (SSSR count). The van der Waals surface area contributed by atoms with Crippen LogP contribution < -0.4 is 20.2 Å². The minimum atomic E-state index is -0.647. The molecule has 8 aromatic carbocycles. The Hall–Kier alpha value is -6.60. The first-order valence-electron chi connectivity index (χ1n) is 19.7. The quantitative estimate of drug-likeness (QED) is 0.120. The zero-order valence-corrected chi connectivity index (χ0v) is 31.4. The SMILES string of the molecule is [O-][N+]1(c2ccc(-c3ccc(C4NC(c5ccccc5)CC(c5ccccc5)N4)cc3)cc2)c2ccccc2-c2cc(N(c3ccccc3)c3ccccc3)ccc21. The topological polar surface area (TPSA) is 50.4 Å². The van der Waals surface area contributed by atoms with Crippen molar-refractivity contribution in [1.29, 1.82) is 0 Å². The van der Waals surface area contributed by atoms with Crippen molar-refractivity contribution in [3.05, 3.63) is 234 Å². The third-order valence-corrected chi connectivity index (χ3v) is 11.6. The van der Waals surface area contributed by atoms with Crippen molar-refractivity contribution in [2.24, 2.45) is 0 Å². The highest BCUT2D eigenvalue weighted by molar-refractivity contribution is 6.00. The van der Waals surface area contributed by atoms with Gasteiger partial charge in [0.2, 0.25) is 0 Å². The third-order valence-electron chi connectivity index (χ3n) is 11.6. The van der Waals surface area contributed by atoms with E-state index in [1.54, 1.807) is 0 Å². The molecule has 1 fully saturated rings. The van der Waals surface area contributed by atoms with Crippen LogP contribution in [0.15, 0.2) is 212 Å². The highest BCUT2D eigenvalue weighted by Gasteiger charge is 2.40. The molecule has 8 aromatic rings. The summed E-state index contributed by atoms with van der Waals surface area (Å²) >= 11 is 0. The molecule has 2 aliphatic heterocycles. The van der Waals surface area contributed by atoms with Crippen LogP contribution in [-0.4, -0.2) is 0 Å². The maximum absolute atomic E-state index is 15.4. The van der Waals surface area contributed by atoms with Crippen LogP contribution in [0.2, 0.25) is 0 Å². The summed E-state index contributed by atoms with van der Waals surface area (Å²) in [6, 6.07) is 73.9. The Labute approximate surface area is 334 Å². The largest absolute Gasteiger partial charge is 0.616 e. The van der Waals surface area contributed by atoms with Crippen LogP contribution in [0.3, 0.4) is 0 Å². The summed E-state index contributed by atoms with van der Waals surface area (Å²) in [5.41, 5.74) is 13.1. The highest BCUT2D eigenvalue weighted by atomic mass is 16.5. The van der Waals surface area contributed by atoms with E-state index in [0.717, 1.165) is 51.4 Å². The molecule has 0 aromatic heterocycles. The van der Waals surface area contributed by atoms with E-state index in [9.17, 15) is 0 Å². The van der Waals surface area contributed by atoms with Crippen LogP contribution in [0.1, 0.15) is 41.4 Å². The van der Waals surface area contributed by atoms with E-state index in [4.69, 9.17) is 0 Å². The Balaban J connectivity index is 0.947. The van der Waals surface area contributed by atoms with Crippen LogP contribution in [0.5, 0.6) is 0 Å². The Morgan fingerprint density at radius 2 is 0.895 bits per heavy atom. The molecule has 2 aliphatic rings. The number of nitrogens with one attached hydrogen (secondary N) is 2. The van der Waals surface area contributed by atoms with Crippen LogP contribution in [0.25, 0.3) is 22.3 Å². The summed E-state index contributed by atoms with van der Waals surface area (Å²) in [6.07, 6.45) is 0.948. The fourth-order valence-electron chi connectivity index (χ4n) is 8.72. The van der Waals surface area contributed by atoms with Crippen molar-refractivity contribution >= 4 is 34.1 Å². The number of hydrogen-bond donors (Lipinski definition) is 2. The molecule has 0 saturated carbocycles. The molecule has 3 atom stereocenters. The zero-order valence-electron chi connectivity index (χ0n) is 31.4. The molecule has 0 radical (unpaired) electrons. The van der Waals surface area contributed by atoms with Gasteiger partial charge in [0.25, 0.3) is 0 Å². The number of fused-ring (bicyclic) bond motifs is 3. The van der Waals surface area contributed by atoms with Gasteiger partial charge in [-0.15, -0.1) is 0 Å². The predicted octanol–water partition coefficient (Wildman–Crippen LogP) is 13.3. The molecule has 3 unspecified atom stereocenters. The van der Waals surface area contributed by atoms with E-state index in [2.05, 4.69) is 179 Å². The van der Waals surface area contributed by atoms with Crippen LogP contribution >= 0.6 is 0 Å². The molecule has 1 saturated heterocycles. The molecule has 0 aliphatic carbocycles. The average Bonchev–Trinajstić information content (AvgIpc) is 3.55. The summed E-state index contributed by atoms with van der Waals surface area (Å²) in [4.78, 5) is 2.24. The molecule has 0 amide bonds. The van der Waals surface area contributed by atoms with Gasteiger partial charge < -0.3 is 10.1 Å². The van der Waals surface area contributed by atoms with E-state index < -0.39 is 4.65 Å². The minimum absolute atomic E-state index is 0.0151. The number of quaternary nitrogens is 1. The van der Waals surface area contributed by atoms with Gasteiger partial charge in [-0.25, -0.2) is 0 Å². The first-order valence-corrected chi connectivity index (χ1v) is 19.7. The summed E-state index contributed by atoms with van der Waals surface area (Å²) in [6.45, 7) is 0. The van der Waals surface area contributed by atoms with Gasteiger partial charge in [-0.2, -0.15) is 0 Å². The van der Waals surface area contributed by atoms with Crippen molar-refractivity contribution < 1.29 is 0 Å². The first kappa shape index (κ1) is 34.9. The van der Waals surface area contributed by atoms with E-state index >= 15 is 5.21 Å². The highest BCUT2D eigenvalue weighted by Crippen LogP contribution is 2.58. The lowest BCUT2D eigenvalue weighted by atomic mass is 9.90. The first-order chi connectivity index (χ1) is 28.1. The lowest BCUT2D eigenvalue weighted by molar-refractivity contribution is 0.247. The molecule has 0 bridgehead atoms. The van der Waals surface area contributed by atoms with Gasteiger partial charge in [0.05, 0.1) is 11.7 Å². The molecule has 5 nitrogen and oxygen atoms in total. The van der Waals surface area contributed by atoms with Gasteiger partial charge in [0, 0.05) is 59.0 Å². The second kappa shape index (κ2) is 14.8. The fraction of sp³-hybridized carbons (Fsp3) is 0.0769. The number of rotatable bonds is 8. The molecule has 5 heteroatoms. The molecule has 2 N–H and O–H groups in total. The monoisotopic (exact) mass is 738 g/mol. The van der Waals surface area contributed by atoms with E-state index in [1.165, 1.54) is 16.7 Å². The lowest BCUT2D eigenvalue weighted by Crippen LogP contribution is -2.45. The van der Waals surface area contributed by atoms with Crippen molar-refractivity contribution in [2.45, 2.75) is 24.7 Å². The van der Waals surface area contributed by atoms with Crippen LogP contribution in [-0.2, 0) is 0 Å². The number of nitrogens with zero attached hydrogens (tertiary/aromatic N) is 2. The van der Waals surface area contributed by atoms with Crippen molar-refractivity contribution in [1.82, 2.24) is 15.3 Å². The number of benzene rings is 8. The summed E-state index contributed by atoms with van der Waals surface area (Å²) in [7, 11) is 0. The number of anilines is 3. The molecular weight excluding hydrogens is 697 g/mol. The number of hydrogen-bond acceptors (Lipinski definition) is 4. The summed E-state index contributed by atoms with van der Waals surface area (Å²) < 4.78 is -0.647. The van der Waals surface area contributed by atoms with Crippen LogP contribution in [0.4, 0.5) is 34.1 Å². The van der Waals surface area contributed by atoms with Crippen molar-refractivity contribution in [2.75, 3.05) is 4.90 Å². The molecule has 57 heavy (non-hydrogen) atoms. The Morgan fingerprint density at radius 3 is 1.46 bits per heavy atom. The van der Waals surface area contributed by atoms with Gasteiger partial charge in [-0.1, -0.05) is 133 Å². The van der Waals surface area contributed by atoms with Gasteiger partial charge in [-0.05, 0) is 88.8 Å². The van der Waals surface area contributed by atoms with Gasteiger partial charge in [0.1, 0.15) is 5.69 Å². The molecule has 2 heterocycles. The van der Waals surface area contributed by atoms with E-state index in [0.29, 0.717) is 11.4 Å². The normalized spacial score (nSPS) is 19.7. The Kier molecular flexibility index (Phi) is 9.06. The van der Waals surface area contributed by atoms with Gasteiger partial charge in [-0.3, -0.25) is 15.3 Å². The summed E-state index contributed by atoms with van der Waals surface area (Å²) in [5, 5.41) is 23.2. The molecule has 276 valence electrons. The van der Waals surface area contributed by atoms with Gasteiger partial charge >= 0.3 is 0 Å². The number of para-hydroxylation sites is 3. The Bertz CT molecular complexity index is 2530. The lowest BCUT2D eigenvalue weighted by Gasteiger charge is -2.38. The molecule has 0 spiro atoms. The van der Waals surface area contributed by atoms with Crippen molar-refractivity contribution in [3.8, 4) is 22.3 Å². The summed E-state index contributed by atoms with van der Waals surface area (Å²) in [5.74, 6) is 0. The standard InChI is InChI=1S/C52H42N4O/c57-56(50-24-14-13-23-46(50)47-35-44(31-34-51(47)56)55(42-19-9-3-10-20-42)43-21-11-4-12-22-43)45-32-29-38(30-33-45)37-25-27-41(28-26-37)52-53-48(39-15-5-1-6-16-39)36-49(54-52)40-17-7-2-8-18-40/h1-35,48-49,52-54H,36H2. The van der Waals surface area contributed by atoms with E-state index in [1.807, 2.05) is 48.5 Å².